The highest BCUT2D eigenvalue weighted by molar-refractivity contribution is 6.20. The van der Waals surface area contributed by atoms with Crippen molar-refractivity contribution < 1.29 is 4.42 Å². The molecule has 7 aromatic carbocycles. The molecule has 0 radical (unpaired) electrons. The van der Waals surface area contributed by atoms with Gasteiger partial charge in [0, 0.05) is 50.7 Å². The van der Waals surface area contributed by atoms with Crippen LogP contribution < -0.4 is 0 Å². The number of fused-ring (bicyclic) bond motifs is 7. The lowest BCUT2D eigenvalue weighted by Gasteiger charge is -2.15. The van der Waals surface area contributed by atoms with E-state index < -0.39 is 0 Å². The highest BCUT2D eigenvalue weighted by Crippen LogP contribution is 2.53. The minimum Gasteiger partial charge on any atom is -0.456 e. The number of rotatable bonds is 6. The largest absolute Gasteiger partial charge is 0.456 e. The van der Waals surface area contributed by atoms with E-state index in [1.807, 2.05) is 85.1 Å². The first-order valence-corrected chi connectivity index (χ1v) is 18.8. The molecule has 1 unspecified atom stereocenters. The molecule has 56 heavy (non-hydrogen) atoms. The van der Waals surface area contributed by atoms with Gasteiger partial charge in [0.05, 0.1) is 5.69 Å². The average molecular weight is 717 g/mol. The van der Waals surface area contributed by atoms with Crippen LogP contribution in [0.1, 0.15) is 22.6 Å². The molecule has 3 aromatic heterocycles. The van der Waals surface area contributed by atoms with Crippen LogP contribution in [0.4, 0.5) is 0 Å². The molecule has 0 spiro atoms. The van der Waals surface area contributed by atoms with Crippen molar-refractivity contribution in [3.05, 3.63) is 205 Å². The molecule has 0 fully saturated rings. The number of hydrogen-bond donors (Lipinski definition) is 0. The first-order chi connectivity index (χ1) is 27.8. The van der Waals surface area contributed by atoms with Gasteiger partial charge >= 0.3 is 0 Å². The minimum atomic E-state index is 0.112. The Morgan fingerprint density at radius 1 is 0.393 bits per heavy atom. The molecule has 1 aliphatic rings. The molecule has 0 saturated carbocycles. The Morgan fingerprint density at radius 2 is 0.964 bits per heavy atom. The van der Waals surface area contributed by atoms with Crippen LogP contribution in [0.5, 0.6) is 0 Å². The van der Waals surface area contributed by atoms with E-state index in [1.165, 1.54) is 27.8 Å². The molecule has 0 saturated heterocycles. The van der Waals surface area contributed by atoms with Gasteiger partial charge in [-0.05, 0) is 51.6 Å². The number of nitrogens with zero attached hydrogens (tertiary/aromatic N) is 4. The van der Waals surface area contributed by atoms with Crippen molar-refractivity contribution in [2.75, 3.05) is 0 Å². The van der Waals surface area contributed by atoms with Crippen LogP contribution in [0.2, 0.25) is 0 Å². The summed E-state index contributed by atoms with van der Waals surface area (Å²) in [7, 11) is 0. The van der Waals surface area contributed by atoms with Crippen molar-refractivity contribution in [1.82, 2.24) is 19.9 Å². The van der Waals surface area contributed by atoms with E-state index >= 15 is 0 Å². The van der Waals surface area contributed by atoms with Crippen LogP contribution in [-0.2, 0) is 0 Å². The second-order valence-corrected chi connectivity index (χ2v) is 14.1. The SMILES string of the molecule is c1ccc(-c2cnc(-c3cccc4oc5ccc6c(c5c34)-c3ccccc3C6c3ccccc3)c(-c3nc(-c4ccccc4)nc(-c4ccccc4)n3)c2)cc1. The predicted molar refractivity (Wildman–Crippen MR) is 225 cm³/mol. The van der Waals surface area contributed by atoms with Gasteiger partial charge in [0.15, 0.2) is 17.5 Å². The molecule has 3 heterocycles. The Balaban J connectivity index is 1.21. The van der Waals surface area contributed by atoms with E-state index in [-0.39, 0.29) is 5.92 Å². The molecule has 0 bridgehead atoms. The number of benzene rings is 7. The quantitative estimate of drug-likeness (QED) is 0.171. The van der Waals surface area contributed by atoms with Gasteiger partial charge in [0.25, 0.3) is 0 Å². The third kappa shape index (κ3) is 5.24. The summed E-state index contributed by atoms with van der Waals surface area (Å²) in [6, 6.07) is 62.9. The predicted octanol–water partition coefficient (Wildman–Crippen LogP) is 12.7. The second-order valence-electron chi connectivity index (χ2n) is 14.1. The highest BCUT2D eigenvalue weighted by atomic mass is 16.3. The van der Waals surface area contributed by atoms with Crippen LogP contribution in [0.3, 0.4) is 0 Å². The standard InChI is InChI=1S/C51H32N4O/c1-5-16-32(17-6-1)36-30-41(51-54-49(34-20-9-3-10-21-34)53-50(55-51)35-22-11-4-12-23-35)48(52-31-36)40-26-15-27-42-46(40)47-43(56-42)29-28-39-44(33-18-7-2-8-19-33)37-24-13-14-25-38(37)45(39)47/h1-31,44H. The van der Waals surface area contributed by atoms with Crippen molar-refractivity contribution in [2.24, 2.45) is 0 Å². The molecule has 262 valence electrons. The van der Waals surface area contributed by atoms with Crippen molar-refractivity contribution in [3.8, 4) is 67.7 Å². The zero-order valence-electron chi connectivity index (χ0n) is 30.2. The summed E-state index contributed by atoms with van der Waals surface area (Å²) in [5.41, 5.74) is 14.3. The Bertz CT molecular complexity index is 3010. The number of hydrogen-bond acceptors (Lipinski definition) is 5. The third-order valence-electron chi connectivity index (χ3n) is 10.9. The summed E-state index contributed by atoms with van der Waals surface area (Å²) >= 11 is 0. The lowest BCUT2D eigenvalue weighted by Crippen LogP contribution is -2.02. The van der Waals surface area contributed by atoms with Gasteiger partial charge in [-0.15, -0.1) is 0 Å². The molecular formula is C51H32N4O. The summed E-state index contributed by atoms with van der Waals surface area (Å²) in [6.07, 6.45) is 1.96. The summed E-state index contributed by atoms with van der Waals surface area (Å²) in [4.78, 5) is 20.7. The summed E-state index contributed by atoms with van der Waals surface area (Å²) < 4.78 is 6.72. The maximum Gasteiger partial charge on any atom is 0.166 e. The Labute approximate surface area is 323 Å². The fourth-order valence-electron chi connectivity index (χ4n) is 8.37. The van der Waals surface area contributed by atoms with E-state index in [4.69, 9.17) is 24.4 Å². The fraction of sp³-hybridized carbons (Fsp3) is 0.0196. The van der Waals surface area contributed by atoms with Crippen LogP contribution in [-0.4, -0.2) is 19.9 Å². The first-order valence-electron chi connectivity index (χ1n) is 18.8. The summed E-state index contributed by atoms with van der Waals surface area (Å²) in [5, 5.41) is 2.11. The van der Waals surface area contributed by atoms with Crippen LogP contribution in [0.15, 0.2) is 193 Å². The third-order valence-corrected chi connectivity index (χ3v) is 10.9. The Morgan fingerprint density at radius 3 is 1.66 bits per heavy atom. The zero-order chi connectivity index (χ0) is 37.0. The lowest BCUT2D eigenvalue weighted by atomic mass is 9.89. The number of pyridine rings is 1. The monoisotopic (exact) mass is 716 g/mol. The molecule has 5 nitrogen and oxygen atoms in total. The zero-order valence-corrected chi connectivity index (χ0v) is 30.2. The van der Waals surface area contributed by atoms with Crippen molar-refractivity contribution in [3.63, 3.8) is 0 Å². The topological polar surface area (TPSA) is 64.7 Å². The van der Waals surface area contributed by atoms with Gasteiger partial charge < -0.3 is 4.42 Å². The Kier molecular flexibility index (Phi) is 7.49. The lowest BCUT2D eigenvalue weighted by molar-refractivity contribution is 0.669. The molecule has 5 heteroatoms. The normalized spacial score (nSPS) is 13.2. The molecule has 1 atom stereocenters. The van der Waals surface area contributed by atoms with Crippen LogP contribution in [0.25, 0.3) is 89.6 Å². The van der Waals surface area contributed by atoms with E-state index in [0.29, 0.717) is 17.5 Å². The summed E-state index contributed by atoms with van der Waals surface area (Å²) in [6.45, 7) is 0. The number of furan rings is 1. The number of aromatic nitrogens is 4. The smallest absolute Gasteiger partial charge is 0.166 e. The molecule has 0 N–H and O–H groups in total. The first kappa shape index (κ1) is 32.0. The van der Waals surface area contributed by atoms with Gasteiger partial charge in [0.1, 0.15) is 11.2 Å². The van der Waals surface area contributed by atoms with Gasteiger partial charge in [-0.1, -0.05) is 164 Å². The molecule has 0 amide bonds. The molecule has 11 rings (SSSR count). The van der Waals surface area contributed by atoms with E-state index in [1.54, 1.807) is 0 Å². The van der Waals surface area contributed by atoms with Gasteiger partial charge in [-0.25, -0.2) is 15.0 Å². The van der Waals surface area contributed by atoms with E-state index in [9.17, 15) is 0 Å². The average Bonchev–Trinajstić information content (AvgIpc) is 3.83. The van der Waals surface area contributed by atoms with Crippen molar-refractivity contribution in [1.29, 1.82) is 0 Å². The van der Waals surface area contributed by atoms with Crippen molar-refractivity contribution >= 4 is 21.9 Å². The van der Waals surface area contributed by atoms with E-state index in [2.05, 4.69) is 103 Å². The highest BCUT2D eigenvalue weighted by Gasteiger charge is 2.33. The second kappa shape index (κ2) is 13.1. The van der Waals surface area contributed by atoms with Crippen LogP contribution >= 0.6 is 0 Å². The fourth-order valence-corrected chi connectivity index (χ4v) is 8.37. The molecular weight excluding hydrogens is 685 g/mol. The molecule has 10 aromatic rings. The molecule has 1 aliphatic carbocycles. The van der Waals surface area contributed by atoms with Gasteiger partial charge in [-0.2, -0.15) is 0 Å². The van der Waals surface area contributed by atoms with E-state index in [0.717, 1.165) is 61.0 Å². The molecule has 0 aliphatic heterocycles. The van der Waals surface area contributed by atoms with Crippen LogP contribution in [0, 0.1) is 0 Å². The maximum atomic E-state index is 6.72. The van der Waals surface area contributed by atoms with Gasteiger partial charge in [-0.3, -0.25) is 4.98 Å². The van der Waals surface area contributed by atoms with Crippen molar-refractivity contribution in [2.45, 2.75) is 5.92 Å². The Hall–Kier alpha value is -7.50. The summed E-state index contributed by atoms with van der Waals surface area (Å²) in [5.74, 6) is 1.85. The van der Waals surface area contributed by atoms with Gasteiger partial charge in [0.2, 0.25) is 0 Å². The maximum absolute atomic E-state index is 6.72. The minimum absolute atomic E-state index is 0.112.